The minimum atomic E-state index is -1.23. The van der Waals surface area contributed by atoms with Crippen molar-refractivity contribution >= 4 is 149 Å². The number of aryl methyl sites for hydroxylation is 5. The van der Waals surface area contributed by atoms with E-state index in [2.05, 4.69) is 61.8 Å². The summed E-state index contributed by atoms with van der Waals surface area (Å²) in [6, 6.07) is 50.7. The number of aliphatic imine (C=N–C) groups is 2. The van der Waals surface area contributed by atoms with Gasteiger partial charge in [0.25, 0.3) is 22.2 Å². The molecule has 10 N–H and O–H groups in total. The molecule has 149 heavy (non-hydrogen) atoms. The fourth-order valence-corrected chi connectivity index (χ4v) is 15.8. The van der Waals surface area contributed by atoms with Crippen molar-refractivity contribution in [1.29, 1.82) is 0 Å². The molecule has 6 amide bonds. The SMILES string of the molecule is CCO/C=C1N=C(/C=C/c2ccccc2)OC\1=O.CCOC(=O)C1CCC(N)=N1.CCOC(=O)[C@@H]1CCc2ncc(NC(=O)/C=C/c3ccccc3)c(=O)n21.Cl.O=C(/C=C/c1ccccc1)Nc1cnc2n(c1=O)[C@H](C(=O)N[C@H]1CC(=O)OC1OCc1ccccc1)CC2.O=C(/C=C/c1ccccc1)Nc1cnc2n(c1=O)[C@H](C(=O)O)CC2.O=C[C@H](CC(=O)O)NC(=O)[C@@H]1CCc2ncc(NC(=O)CCc3ccccc3)c(=O)n21. The molecule has 0 spiro atoms. The van der Waals surface area contributed by atoms with Gasteiger partial charge < -0.3 is 81.1 Å². The van der Waals surface area contributed by atoms with Gasteiger partial charge in [-0.15, -0.1) is 12.4 Å². The average molecular weight is 2060 g/mol. The summed E-state index contributed by atoms with van der Waals surface area (Å²) < 4.78 is 35.7. The van der Waals surface area contributed by atoms with E-state index in [1.165, 1.54) is 63.0 Å². The van der Waals surface area contributed by atoms with Crippen LogP contribution in [0, 0.1) is 0 Å². The summed E-state index contributed by atoms with van der Waals surface area (Å²) in [5, 5.41) is 33.2. The smallest absolute Gasteiger partial charge is 0.367 e. The van der Waals surface area contributed by atoms with Crippen LogP contribution in [-0.2, 0) is 129 Å². The number of esters is 4. The van der Waals surface area contributed by atoms with Gasteiger partial charge in [-0.25, -0.2) is 44.1 Å². The van der Waals surface area contributed by atoms with E-state index in [1.807, 2.05) is 195 Å². The van der Waals surface area contributed by atoms with Gasteiger partial charge in [-0.2, -0.15) is 0 Å². The fourth-order valence-electron chi connectivity index (χ4n) is 15.8. The quantitative estimate of drug-likeness (QED) is 0.00623. The lowest BCUT2D eigenvalue weighted by atomic mass is 10.1. The molecular weight excluding hydrogens is 1950 g/mol. The number of carbonyl (C=O) groups is 13. The summed E-state index contributed by atoms with van der Waals surface area (Å²) >= 11 is 0. The molecule has 0 bridgehead atoms. The summed E-state index contributed by atoms with van der Waals surface area (Å²) in [7, 11) is 0. The third-order valence-corrected chi connectivity index (χ3v) is 23.0. The number of amides is 6. The zero-order valence-corrected chi connectivity index (χ0v) is 81.8. The van der Waals surface area contributed by atoms with Gasteiger partial charge in [0.2, 0.25) is 47.6 Å². The summed E-state index contributed by atoms with van der Waals surface area (Å²) in [4.78, 5) is 230. The van der Waals surface area contributed by atoms with E-state index in [0.29, 0.717) is 113 Å². The van der Waals surface area contributed by atoms with Crippen LogP contribution in [-0.4, -0.2) is 182 Å². The van der Waals surface area contributed by atoms with Crippen LogP contribution in [0.4, 0.5) is 22.7 Å². The number of aromatic nitrogens is 8. The van der Waals surface area contributed by atoms with Crippen LogP contribution in [0.25, 0.3) is 24.3 Å². The molecular formula is C106H108ClN17O25. The van der Waals surface area contributed by atoms with Gasteiger partial charge in [0, 0.05) is 62.8 Å². The van der Waals surface area contributed by atoms with Crippen LogP contribution in [0.15, 0.2) is 272 Å². The highest BCUT2D eigenvalue weighted by Gasteiger charge is 2.42. The third kappa shape index (κ3) is 32.3. The van der Waals surface area contributed by atoms with Gasteiger partial charge in [0.1, 0.15) is 94.8 Å². The van der Waals surface area contributed by atoms with Gasteiger partial charge in [-0.1, -0.05) is 182 Å². The lowest BCUT2D eigenvalue weighted by Crippen LogP contribution is -2.45. The summed E-state index contributed by atoms with van der Waals surface area (Å²) in [6.45, 7) is 6.67. The number of carboxylic acid groups (broad SMARTS) is 2. The largest absolute Gasteiger partial charge is 0.499 e. The first kappa shape index (κ1) is 111. The predicted molar refractivity (Wildman–Crippen MR) is 549 cm³/mol. The number of nitrogens with one attached hydrogen (secondary N) is 6. The number of nitrogens with two attached hydrogens (primary N) is 1. The minimum Gasteiger partial charge on any atom is -0.499 e. The lowest BCUT2D eigenvalue weighted by Gasteiger charge is -2.22. The first-order valence-corrected chi connectivity index (χ1v) is 47.3. The van der Waals surface area contributed by atoms with Crippen molar-refractivity contribution in [2.45, 2.75) is 166 Å². The van der Waals surface area contributed by atoms with Crippen molar-refractivity contribution in [3.63, 3.8) is 0 Å². The molecule has 1 fully saturated rings. The number of carboxylic acids is 2. The molecule has 0 saturated carbocycles. The Morgan fingerprint density at radius 2 is 0.893 bits per heavy atom. The number of aldehydes is 1. The second-order valence-corrected chi connectivity index (χ2v) is 33.4. The molecule has 17 rings (SSSR count). The van der Waals surface area contributed by atoms with Crippen LogP contribution < -0.4 is 59.9 Å². The highest BCUT2D eigenvalue weighted by atomic mass is 35.5. The van der Waals surface area contributed by atoms with E-state index in [1.54, 1.807) is 38.2 Å². The molecule has 6 aromatic carbocycles. The molecule has 10 aromatic rings. The lowest BCUT2D eigenvalue weighted by molar-refractivity contribution is -0.168. The first-order chi connectivity index (χ1) is 71.5. The van der Waals surface area contributed by atoms with Crippen molar-refractivity contribution in [3.05, 3.63) is 341 Å². The maximum absolute atomic E-state index is 13.2. The van der Waals surface area contributed by atoms with E-state index >= 15 is 0 Å². The van der Waals surface area contributed by atoms with Crippen LogP contribution in [0.3, 0.4) is 0 Å². The summed E-state index contributed by atoms with van der Waals surface area (Å²) in [5.74, 6) is -4.26. The Balaban J connectivity index is 0.000000175. The number of hydrogen-bond donors (Lipinski definition) is 9. The second kappa shape index (κ2) is 55.8. The zero-order chi connectivity index (χ0) is 106. The van der Waals surface area contributed by atoms with Gasteiger partial charge in [-0.3, -0.25) is 80.8 Å². The van der Waals surface area contributed by atoms with Gasteiger partial charge in [0.15, 0.2) is 5.70 Å². The van der Waals surface area contributed by atoms with Crippen molar-refractivity contribution in [1.82, 2.24) is 48.8 Å². The molecule has 0 radical (unpaired) electrons. The van der Waals surface area contributed by atoms with E-state index in [4.69, 9.17) is 39.3 Å². The van der Waals surface area contributed by atoms with Crippen LogP contribution >= 0.6 is 12.4 Å². The van der Waals surface area contributed by atoms with Gasteiger partial charge in [-0.05, 0) is 117 Å². The summed E-state index contributed by atoms with van der Waals surface area (Å²) in [5.41, 5.74) is 8.88. The molecule has 774 valence electrons. The van der Waals surface area contributed by atoms with E-state index in [9.17, 15) is 86.6 Å². The Labute approximate surface area is 857 Å². The van der Waals surface area contributed by atoms with E-state index < -0.39 is 131 Å². The Kier molecular flexibility index (Phi) is 41.7. The molecule has 1 saturated heterocycles. The average Bonchev–Trinajstić information content (AvgIpc) is 1.65. The third-order valence-electron chi connectivity index (χ3n) is 23.0. The number of hydrogen-bond acceptors (Lipinski definition) is 30. The molecule has 2 unspecified atom stereocenters. The molecule has 42 nitrogen and oxygen atoms in total. The number of nitrogens with zero attached hydrogens (tertiary/aromatic N) is 10. The second-order valence-electron chi connectivity index (χ2n) is 33.4. The number of amidine groups is 1. The van der Waals surface area contributed by atoms with Crippen molar-refractivity contribution < 1.29 is 101 Å². The normalized spacial score (nSPS) is 17.5. The topological polar surface area (TPSA) is 580 Å². The number of halogens is 1. The molecule has 11 heterocycles. The zero-order valence-electron chi connectivity index (χ0n) is 81.0. The van der Waals surface area contributed by atoms with E-state index in [-0.39, 0.29) is 97.1 Å². The van der Waals surface area contributed by atoms with Gasteiger partial charge >= 0.3 is 35.8 Å². The Hall–Kier alpha value is -18.0. The number of anilines is 4. The Morgan fingerprint density at radius 3 is 1.32 bits per heavy atom. The number of fused-ring (bicyclic) bond motifs is 4. The minimum absolute atomic E-state index is 0. The number of ether oxygens (including phenoxy) is 6. The Morgan fingerprint density at radius 1 is 0.483 bits per heavy atom. The maximum Gasteiger partial charge on any atom is 0.367 e. The highest BCUT2D eigenvalue weighted by molar-refractivity contribution is 6.10. The molecule has 4 aromatic heterocycles. The fraction of sp³-hybridized carbons (Fsp3) is 0.274. The van der Waals surface area contributed by atoms with E-state index in [0.717, 1.165) is 37.9 Å². The molecule has 8 atom stereocenters. The number of rotatable bonds is 32. The number of cyclic esters (lactones) is 2. The van der Waals surface area contributed by atoms with Crippen LogP contribution in [0.2, 0.25) is 0 Å². The van der Waals surface area contributed by atoms with Gasteiger partial charge in [0.05, 0.1) is 75.9 Å². The van der Waals surface area contributed by atoms with Crippen molar-refractivity contribution in [3.8, 4) is 0 Å². The molecule has 7 aliphatic heterocycles. The standard InChI is InChI=1S/C28H26N4O6.C21H22N4O6.C19H19N3O4.C17H15N3O4.C14H13NO3.C7H12N2O2.ClH/c33-24(14-11-18-7-3-1-4-8-18)30-21-16-29-23-13-12-22(32(23)27(21)36)26(35)31-20-15-25(34)38-28(20)37-17-19-9-5-2-6-10-19;26-12-14(10-19(28)29)23-20(30)16-7-8-17-22-11-15(21(31)25(16)17)24-18(27)9-6-13-4-2-1-3-5-13;1-2-26-19(25)15-9-10-16-20-12-14(18(24)22(15)16)21-17(23)11-8-13-6-4-3-5-7-13;21-15(9-6-11-4-2-1-3-5-11)19-12-10-18-14-8-7-13(17(23)24)20(14)16(12)22;1-2-17-10-12-14(16)18-13(15-12)9-8-11-6-4-3-5-7-11;1-2-11-7(10)5-3-4-6(8)9-5;/h1-11,14,16,20,22,28H,12-13,15,17H2,(H,30,33)(H,31,35);1-5,11-12,14,16H,6-10H2,(H,23,30)(H,24,27)(H,28,29);3-8,11-12,15H,2,9-10H2,1H3,(H,21,23);1-6,9-10,13H,7-8H2,(H,19,21)(H,23,24);3-10H,2H2,1H3;5H,2-4H2,1H3,(H2,8,9);1H/b14-11+;;11-8+;9-6+;9-8+,12-10-;;/t20-,22-,28?;14-,16-;15-;13-;;;/m0000.../s1. The van der Waals surface area contributed by atoms with Crippen molar-refractivity contribution in [2.24, 2.45) is 15.7 Å². The van der Waals surface area contributed by atoms with Crippen molar-refractivity contribution in [2.75, 3.05) is 41.1 Å². The predicted octanol–water partition coefficient (Wildman–Crippen LogP) is 9.25. The maximum atomic E-state index is 13.2. The van der Waals surface area contributed by atoms with Crippen LogP contribution in [0.5, 0.6) is 0 Å². The number of carbonyl (C=O) groups excluding carboxylic acids is 11. The van der Waals surface area contributed by atoms with Crippen LogP contribution in [0.1, 0.15) is 159 Å². The highest BCUT2D eigenvalue weighted by Crippen LogP contribution is 2.30. The number of benzene rings is 6. The first-order valence-electron chi connectivity index (χ1n) is 47.3. The Bertz CT molecular complexity index is 6980. The number of aliphatic carboxylic acids is 2. The molecule has 0 aliphatic carbocycles. The summed E-state index contributed by atoms with van der Waals surface area (Å²) in [6.07, 6.45) is 22.9. The molecule has 7 aliphatic rings. The molecule has 43 heteroatoms. The monoisotopic (exact) mass is 2050 g/mol.